The highest BCUT2D eigenvalue weighted by Crippen LogP contribution is 2.25. The number of benzene rings is 1. The van der Waals surface area contributed by atoms with E-state index in [1.807, 2.05) is 0 Å². The molecule has 19 heavy (non-hydrogen) atoms. The lowest BCUT2D eigenvalue weighted by Crippen LogP contribution is -1.95. The highest BCUT2D eigenvalue weighted by molar-refractivity contribution is 9.08. The van der Waals surface area contributed by atoms with E-state index in [2.05, 4.69) is 25.9 Å². The minimum Gasteiger partial charge on any atom is -0.424 e. The molecule has 1 heterocycles. The number of halogens is 1. The standard InChI is InChI=1S/C12H10BrN3O3/c1-8-4-10(2-3-11(8)16(17)18)19-12-14-6-9(5-13)7-15-12/h2-4,6-7H,5H2,1H3. The maximum atomic E-state index is 10.7. The van der Waals surface area contributed by atoms with Crippen molar-refractivity contribution in [2.45, 2.75) is 12.3 Å². The van der Waals surface area contributed by atoms with Crippen LogP contribution in [-0.4, -0.2) is 14.9 Å². The van der Waals surface area contributed by atoms with Gasteiger partial charge in [-0.1, -0.05) is 15.9 Å². The van der Waals surface area contributed by atoms with Crippen LogP contribution in [0.15, 0.2) is 30.6 Å². The summed E-state index contributed by atoms with van der Waals surface area (Å²) in [6.45, 7) is 1.65. The molecule has 0 spiro atoms. The van der Waals surface area contributed by atoms with Crippen molar-refractivity contribution >= 4 is 21.6 Å². The number of nitrogens with zero attached hydrogens (tertiary/aromatic N) is 3. The normalized spacial score (nSPS) is 10.2. The summed E-state index contributed by atoms with van der Waals surface area (Å²) in [5, 5.41) is 11.4. The number of aromatic nitrogens is 2. The van der Waals surface area contributed by atoms with E-state index in [1.165, 1.54) is 12.1 Å². The Kier molecular flexibility index (Phi) is 4.06. The topological polar surface area (TPSA) is 78.2 Å². The first-order valence-corrected chi connectivity index (χ1v) is 6.52. The monoisotopic (exact) mass is 323 g/mol. The summed E-state index contributed by atoms with van der Waals surface area (Å²) in [4.78, 5) is 18.3. The minimum atomic E-state index is -0.430. The molecule has 1 aromatic carbocycles. The highest BCUT2D eigenvalue weighted by atomic mass is 79.9. The van der Waals surface area contributed by atoms with Crippen LogP contribution in [0.25, 0.3) is 0 Å². The van der Waals surface area contributed by atoms with Crippen molar-refractivity contribution < 1.29 is 9.66 Å². The van der Waals surface area contributed by atoms with Gasteiger partial charge in [-0.3, -0.25) is 10.1 Å². The Bertz CT molecular complexity index is 602. The summed E-state index contributed by atoms with van der Waals surface area (Å²) < 4.78 is 5.43. The Morgan fingerprint density at radius 3 is 2.58 bits per heavy atom. The van der Waals surface area contributed by atoms with Crippen LogP contribution in [0.5, 0.6) is 11.8 Å². The predicted octanol–water partition coefficient (Wildman–Crippen LogP) is 3.38. The zero-order valence-corrected chi connectivity index (χ0v) is 11.6. The molecule has 0 aliphatic rings. The fourth-order valence-electron chi connectivity index (χ4n) is 1.47. The Balaban J connectivity index is 2.18. The van der Waals surface area contributed by atoms with Gasteiger partial charge in [0.15, 0.2) is 0 Å². The zero-order valence-electron chi connectivity index (χ0n) is 10.0. The average molecular weight is 324 g/mol. The number of nitro benzene ring substituents is 1. The molecule has 0 bridgehead atoms. The van der Waals surface area contributed by atoms with Crippen LogP contribution >= 0.6 is 15.9 Å². The van der Waals surface area contributed by atoms with E-state index in [0.717, 1.165) is 5.56 Å². The molecule has 1 aromatic heterocycles. The van der Waals surface area contributed by atoms with Crippen LogP contribution in [0.4, 0.5) is 5.69 Å². The second-order valence-electron chi connectivity index (χ2n) is 3.81. The molecular formula is C12H10BrN3O3. The second-order valence-corrected chi connectivity index (χ2v) is 4.38. The molecule has 2 aromatic rings. The van der Waals surface area contributed by atoms with Crippen LogP contribution in [0.2, 0.25) is 0 Å². The molecule has 6 nitrogen and oxygen atoms in total. The highest BCUT2D eigenvalue weighted by Gasteiger charge is 2.11. The van der Waals surface area contributed by atoms with Gasteiger partial charge in [-0.05, 0) is 24.6 Å². The fourth-order valence-corrected chi connectivity index (χ4v) is 1.76. The number of hydrogen-bond acceptors (Lipinski definition) is 5. The lowest BCUT2D eigenvalue weighted by molar-refractivity contribution is -0.385. The summed E-state index contributed by atoms with van der Waals surface area (Å²) in [5.74, 6) is 0.467. The van der Waals surface area contributed by atoms with E-state index < -0.39 is 4.92 Å². The van der Waals surface area contributed by atoms with Crippen molar-refractivity contribution in [3.05, 3.63) is 51.8 Å². The lowest BCUT2D eigenvalue weighted by atomic mass is 10.2. The van der Waals surface area contributed by atoms with E-state index in [0.29, 0.717) is 16.6 Å². The van der Waals surface area contributed by atoms with E-state index >= 15 is 0 Å². The van der Waals surface area contributed by atoms with Crippen LogP contribution < -0.4 is 4.74 Å². The Morgan fingerprint density at radius 2 is 2.05 bits per heavy atom. The number of ether oxygens (including phenoxy) is 1. The van der Waals surface area contributed by atoms with Gasteiger partial charge < -0.3 is 4.74 Å². The first kappa shape index (κ1) is 13.4. The van der Waals surface area contributed by atoms with Gasteiger partial charge in [0.25, 0.3) is 5.69 Å². The van der Waals surface area contributed by atoms with Gasteiger partial charge in [-0.25, -0.2) is 9.97 Å². The van der Waals surface area contributed by atoms with Gasteiger partial charge in [0.2, 0.25) is 0 Å². The molecule has 0 atom stereocenters. The van der Waals surface area contributed by atoms with Gasteiger partial charge in [-0.15, -0.1) is 0 Å². The summed E-state index contributed by atoms with van der Waals surface area (Å²) in [5.41, 5.74) is 1.52. The number of rotatable bonds is 4. The maximum Gasteiger partial charge on any atom is 0.321 e. The van der Waals surface area contributed by atoms with Gasteiger partial charge in [0.05, 0.1) is 4.92 Å². The van der Waals surface area contributed by atoms with Crippen LogP contribution in [0.1, 0.15) is 11.1 Å². The van der Waals surface area contributed by atoms with Gasteiger partial charge in [0.1, 0.15) is 5.75 Å². The molecule has 0 radical (unpaired) electrons. The Labute approximate surface area is 117 Å². The van der Waals surface area contributed by atoms with Crippen LogP contribution in [-0.2, 0) is 5.33 Å². The van der Waals surface area contributed by atoms with Crippen LogP contribution in [0.3, 0.4) is 0 Å². The maximum absolute atomic E-state index is 10.7. The molecule has 0 amide bonds. The largest absolute Gasteiger partial charge is 0.424 e. The molecular weight excluding hydrogens is 314 g/mol. The summed E-state index contributed by atoms with van der Waals surface area (Å²) in [6, 6.07) is 4.71. The molecule has 0 aliphatic heterocycles. The fraction of sp³-hybridized carbons (Fsp3) is 0.167. The van der Waals surface area contributed by atoms with E-state index in [9.17, 15) is 10.1 Å². The van der Waals surface area contributed by atoms with Crippen molar-refractivity contribution in [1.29, 1.82) is 0 Å². The average Bonchev–Trinajstić information content (AvgIpc) is 2.39. The SMILES string of the molecule is Cc1cc(Oc2ncc(CBr)cn2)ccc1[N+](=O)[O-]. The smallest absolute Gasteiger partial charge is 0.321 e. The molecule has 0 fully saturated rings. The number of alkyl halides is 1. The van der Waals surface area contributed by atoms with Crippen molar-refractivity contribution in [1.82, 2.24) is 9.97 Å². The second kappa shape index (κ2) is 5.75. The van der Waals surface area contributed by atoms with E-state index in [-0.39, 0.29) is 11.7 Å². The number of aryl methyl sites for hydroxylation is 1. The predicted molar refractivity (Wildman–Crippen MR) is 72.6 cm³/mol. The van der Waals surface area contributed by atoms with E-state index in [4.69, 9.17) is 4.74 Å². The third kappa shape index (κ3) is 3.25. The number of hydrogen-bond donors (Lipinski definition) is 0. The molecule has 0 unspecified atom stereocenters. The molecule has 2 rings (SSSR count). The summed E-state index contributed by atoms with van der Waals surface area (Å²) >= 11 is 3.30. The lowest BCUT2D eigenvalue weighted by Gasteiger charge is -2.05. The van der Waals surface area contributed by atoms with Crippen molar-refractivity contribution in [3.8, 4) is 11.8 Å². The molecule has 0 aliphatic carbocycles. The van der Waals surface area contributed by atoms with Crippen LogP contribution in [0, 0.1) is 17.0 Å². The Morgan fingerprint density at radius 1 is 1.37 bits per heavy atom. The summed E-state index contributed by atoms with van der Waals surface area (Å²) in [6.07, 6.45) is 3.30. The van der Waals surface area contributed by atoms with Gasteiger partial charge in [0, 0.05) is 29.4 Å². The molecule has 0 saturated heterocycles. The van der Waals surface area contributed by atoms with Crippen molar-refractivity contribution in [2.75, 3.05) is 0 Å². The third-order valence-corrected chi connectivity index (χ3v) is 3.06. The quantitative estimate of drug-likeness (QED) is 0.489. The summed E-state index contributed by atoms with van der Waals surface area (Å²) in [7, 11) is 0. The van der Waals surface area contributed by atoms with Gasteiger partial charge in [-0.2, -0.15) is 0 Å². The van der Waals surface area contributed by atoms with Crippen molar-refractivity contribution in [3.63, 3.8) is 0 Å². The number of nitro groups is 1. The molecule has 98 valence electrons. The molecule has 0 saturated carbocycles. The third-order valence-electron chi connectivity index (χ3n) is 2.41. The molecule has 0 N–H and O–H groups in total. The minimum absolute atomic E-state index is 0.0582. The van der Waals surface area contributed by atoms with E-state index in [1.54, 1.807) is 25.4 Å². The Hall–Kier alpha value is -2.02. The zero-order chi connectivity index (χ0) is 13.8. The molecule has 7 heteroatoms. The first-order chi connectivity index (χ1) is 9.10. The van der Waals surface area contributed by atoms with Crippen molar-refractivity contribution in [2.24, 2.45) is 0 Å². The van der Waals surface area contributed by atoms with Gasteiger partial charge >= 0.3 is 6.01 Å². The first-order valence-electron chi connectivity index (χ1n) is 5.40.